The molecule has 10 heavy (non-hydrogen) atoms. The van der Waals surface area contributed by atoms with E-state index in [2.05, 4.69) is 5.10 Å². The molecule has 0 atom stereocenters. The summed E-state index contributed by atoms with van der Waals surface area (Å²) < 4.78 is 13.1. The molecule has 1 aromatic heterocycles. The molecule has 0 unspecified atom stereocenters. The SMILES string of the molecule is Cl.Nc1ccn(CCF)n1. The van der Waals surface area contributed by atoms with Crippen molar-refractivity contribution in [3.8, 4) is 0 Å². The van der Waals surface area contributed by atoms with Gasteiger partial charge in [0.25, 0.3) is 0 Å². The molecule has 0 saturated heterocycles. The average molecular weight is 166 g/mol. The molecule has 0 bridgehead atoms. The first-order chi connectivity index (χ1) is 4.33. The molecule has 58 valence electrons. The Labute approximate surface area is 64.4 Å². The highest BCUT2D eigenvalue weighted by atomic mass is 35.5. The fraction of sp³-hybridized carbons (Fsp3) is 0.400. The van der Waals surface area contributed by atoms with Gasteiger partial charge in [0.1, 0.15) is 12.5 Å². The van der Waals surface area contributed by atoms with Crippen LogP contribution in [0.25, 0.3) is 0 Å². The molecule has 0 aliphatic heterocycles. The number of aryl methyl sites for hydroxylation is 1. The summed E-state index contributed by atoms with van der Waals surface area (Å²) in [6, 6.07) is 1.63. The van der Waals surface area contributed by atoms with Crippen molar-refractivity contribution in [2.75, 3.05) is 12.4 Å². The fourth-order valence-corrected chi connectivity index (χ4v) is 0.589. The second-order valence-electron chi connectivity index (χ2n) is 1.69. The minimum Gasteiger partial charge on any atom is -0.382 e. The first kappa shape index (κ1) is 9.23. The number of nitrogens with two attached hydrogens (primary N) is 1. The van der Waals surface area contributed by atoms with Crippen LogP contribution in [0, 0.1) is 0 Å². The fourth-order valence-electron chi connectivity index (χ4n) is 0.589. The van der Waals surface area contributed by atoms with E-state index in [1.165, 1.54) is 4.68 Å². The van der Waals surface area contributed by atoms with E-state index in [0.29, 0.717) is 5.82 Å². The van der Waals surface area contributed by atoms with E-state index in [9.17, 15) is 4.39 Å². The number of rotatable bonds is 2. The lowest BCUT2D eigenvalue weighted by Crippen LogP contribution is -2.00. The van der Waals surface area contributed by atoms with Gasteiger partial charge in [-0.2, -0.15) is 5.10 Å². The number of nitrogen functional groups attached to an aromatic ring is 1. The van der Waals surface area contributed by atoms with Gasteiger partial charge in [0.15, 0.2) is 0 Å². The number of anilines is 1. The van der Waals surface area contributed by atoms with Crippen LogP contribution in [0.15, 0.2) is 12.3 Å². The van der Waals surface area contributed by atoms with Crippen molar-refractivity contribution < 1.29 is 4.39 Å². The zero-order valence-electron chi connectivity index (χ0n) is 5.33. The van der Waals surface area contributed by atoms with Gasteiger partial charge in [0, 0.05) is 6.20 Å². The maximum atomic E-state index is 11.6. The van der Waals surface area contributed by atoms with Crippen LogP contribution >= 0.6 is 12.4 Å². The Hall–Kier alpha value is -0.770. The topological polar surface area (TPSA) is 43.8 Å². The number of nitrogens with zero attached hydrogens (tertiary/aromatic N) is 2. The van der Waals surface area contributed by atoms with Crippen LogP contribution in [0.4, 0.5) is 10.2 Å². The van der Waals surface area contributed by atoms with Crippen LogP contribution in [0.3, 0.4) is 0 Å². The molecule has 0 saturated carbocycles. The second-order valence-corrected chi connectivity index (χ2v) is 1.69. The summed E-state index contributed by atoms with van der Waals surface area (Å²) in [5.41, 5.74) is 5.25. The largest absolute Gasteiger partial charge is 0.382 e. The zero-order chi connectivity index (χ0) is 6.69. The van der Waals surface area contributed by atoms with Crippen LogP contribution in [0.1, 0.15) is 0 Å². The predicted molar refractivity (Wildman–Crippen MR) is 39.9 cm³/mol. The summed E-state index contributed by atoms with van der Waals surface area (Å²) in [7, 11) is 0. The summed E-state index contributed by atoms with van der Waals surface area (Å²) in [6.07, 6.45) is 1.65. The molecule has 0 aromatic carbocycles. The Morgan fingerprint density at radius 3 is 2.80 bits per heavy atom. The van der Waals surface area contributed by atoms with Gasteiger partial charge < -0.3 is 5.73 Å². The number of halogens is 2. The Kier molecular flexibility index (Phi) is 3.79. The zero-order valence-corrected chi connectivity index (χ0v) is 6.14. The summed E-state index contributed by atoms with van der Waals surface area (Å²) in [5, 5.41) is 3.75. The number of hydrogen-bond donors (Lipinski definition) is 1. The lowest BCUT2D eigenvalue weighted by molar-refractivity contribution is 0.428. The first-order valence-corrected chi connectivity index (χ1v) is 2.68. The molecule has 5 heteroatoms. The number of alkyl halides is 1. The average Bonchev–Trinajstić information content (AvgIpc) is 2.17. The third kappa shape index (κ3) is 2.23. The Balaban J connectivity index is 0.000000810. The molecule has 2 N–H and O–H groups in total. The van der Waals surface area contributed by atoms with Gasteiger partial charge in [-0.05, 0) is 6.07 Å². The molecule has 1 aromatic rings. The number of hydrogen-bond acceptors (Lipinski definition) is 2. The standard InChI is InChI=1S/C5H8FN3.ClH/c6-2-4-9-3-1-5(7)8-9;/h1,3H,2,4H2,(H2,7,8);1H. The molecule has 0 spiro atoms. The van der Waals surface area contributed by atoms with Gasteiger partial charge >= 0.3 is 0 Å². The van der Waals surface area contributed by atoms with Crippen molar-refractivity contribution >= 4 is 18.2 Å². The molecule has 0 aliphatic carbocycles. The summed E-state index contributed by atoms with van der Waals surface area (Å²) in [4.78, 5) is 0. The van der Waals surface area contributed by atoms with Gasteiger partial charge in [-0.1, -0.05) is 0 Å². The summed E-state index contributed by atoms with van der Waals surface area (Å²) in [5.74, 6) is 0.434. The molecule has 1 rings (SSSR count). The number of aromatic nitrogens is 2. The quantitative estimate of drug-likeness (QED) is 0.707. The van der Waals surface area contributed by atoms with E-state index in [0.717, 1.165) is 0 Å². The summed E-state index contributed by atoms with van der Waals surface area (Å²) >= 11 is 0. The molecular weight excluding hydrogens is 157 g/mol. The minimum absolute atomic E-state index is 0. The first-order valence-electron chi connectivity index (χ1n) is 2.68. The van der Waals surface area contributed by atoms with Crippen molar-refractivity contribution in [3.63, 3.8) is 0 Å². The van der Waals surface area contributed by atoms with Crippen molar-refractivity contribution in [2.45, 2.75) is 6.54 Å². The van der Waals surface area contributed by atoms with Gasteiger partial charge in [-0.15, -0.1) is 12.4 Å². The van der Waals surface area contributed by atoms with Crippen molar-refractivity contribution in [3.05, 3.63) is 12.3 Å². The maximum absolute atomic E-state index is 11.6. The maximum Gasteiger partial charge on any atom is 0.145 e. The van der Waals surface area contributed by atoms with E-state index in [1.807, 2.05) is 0 Å². The summed E-state index contributed by atoms with van der Waals surface area (Å²) in [6.45, 7) is -0.113. The normalized spacial score (nSPS) is 8.90. The molecular formula is C5H9ClFN3. The molecule has 0 fully saturated rings. The minimum atomic E-state index is -0.402. The van der Waals surface area contributed by atoms with Crippen LogP contribution in [-0.4, -0.2) is 16.5 Å². The lowest BCUT2D eigenvalue weighted by Gasteiger charge is -1.91. The Bertz CT molecular complexity index is 189. The molecule has 1 heterocycles. The molecule has 3 nitrogen and oxygen atoms in total. The van der Waals surface area contributed by atoms with Gasteiger partial charge in [0.2, 0.25) is 0 Å². The van der Waals surface area contributed by atoms with Gasteiger partial charge in [-0.3, -0.25) is 4.68 Å². The van der Waals surface area contributed by atoms with E-state index in [-0.39, 0.29) is 19.0 Å². The van der Waals surface area contributed by atoms with Crippen molar-refractivity contribution in [2.24, 2.45) is 0 Å². The Morgan fingerprint density at radius 2 is 2.40 bits per heavy atom. The lowest BCUT2D eigenvalue weighted by atomic mass is 10.6. The van der Waals surface area contributed by atoms with E-state index in [1.54, 1.807) is 12.3 Å². The predicted octanol–water partition coefficient (Wildman–Crippen LogP) is 0.857. The van der Waals surface area contributed by atoms with Crippen LogP contribution in [0.2, 0.25) is 0 Å². The highest BCUT2D eigenvalue weighted by molar-refractivity contribution is 5.85. The van der Waals surface area contributed by atoms with Gasteiger partial charge in [-0.25, -0.2) is 4.39 Å². The van der Waals surface area contributed by atoms with Crippen LogP contribution < -0.4 is 5.73 Å². The van der Waals surface area contributed by atoms with Crippen LogP contribution in [-0.2, 0) is 6.54 Å². The van der Waals surface area contributed by atoms with Crippen molar-refractivity contribution in [1.29, 1.82) is 0 Å². The van der Waals surface area contributed by atoms with E-state index in [4.69, 9.17) is 5.73 Å². The highest BCUT2D eigenvalue weighted by Gasteiger charge is 1.90. The molecule has 0 radical (unpaired) electrons. The highest BCUT2D eigenvalue weighted by Crippen LogP contribution is 1.94. The molecule has 0 aliphatic rings. The molecule has 0 amide bonds. The Morgan fingerprint density at radius 1 is 1.70 bits per heavy atom. The third-order valence-corrected chi connectivity index (χ3v) is 0.975. The van der Waals surface area contributed by atoms with E-state index >= 15 is 0 Å². The van der Waals surface area contributed by atoms with Crippen molar-refractivity contribution in [1.82, 2.24) is 9.78 Å². The van der Waals surface area contributed by atoms with E-state index < -0.39 is 6.67 Å². The van der Waals surface area contributed by atoms with Crippen LogP contribution in [0.5, 0.6) is 0 Å². The second kappa shape index (κ2) is 4.11. The monoisotopic (exact) mass is 165 g/mol. The smallest absolute Gasteiger partial charge is 0.145 e. The third-order valence-electron chi connectivity index (χ3n) is 0.975. The van der Waals surface area contributed by atoms with Gasteiger partial charge in [0.05, 0.1) is 6.54 Å².